The molecular weight excluding hydrogens is 182 g/mol. The summed E-state index contributed by atoms with van der Waals surface area (Å²) in [6.07, 6.45) is 1.79. The molecule has 0 aliphatic carbocycles. The second kappa shape index (κ2) is 1.87. The average Bonchev–Trinajstić information content (AvgIpc) is 1.96. The number of hydrazone groups is 1. The smallest absolute Gasteiger partial charge is 0.183 e. The van der Waals surface area contributed by atoms with Crippen LogP contribution in [-0.4, -0.2) is 34.9 Å². The van der Waals surface area contributed by atoms with E-state index >= 15 is 0 Å². The Labute approximate surface area is 63.4 Å². The van der Waals surface area contributed by atoms with Crippen LogP contribution in [0, 0.1) is 0 Å². The Bertz CT molecular complexity index is 129. The predicted molar refractivity (Wildman–Crippen MR) is 41.4 cm³/mol. The fraction of sp³-hybridized carbons (Fsp3) is 0.800. The normalized spacial score (nSPS) is 34.2. The molecule has 1 atom stereocenters. The lowest BCUT2D eigenvalue weighted by atomic mass is 10.5. The molecule has 1 aliphatic heterocycles. The standard InChI is InChI=1S/C5H10BrN3/c1-5(6)8(2)4-7-9(5)3/h4H,1-3H3. The molecule has 9 heavy (non-hydrogen) atoms. The van der Waals surface area contributed by atoms with Crippen LogP contribution in [0.3, 0.4) is 0 Å². The monoisotopic (exact) mass is 191 g/mol. The minimum Gasteiger partial charge on any atom is -0.331 e. The maximum Gasteiger partial charge on any atom is 0.183 e. The van der Waals surface area contributed by atoms with Crippen molar-refractivity contribution in [2.45, 2.75) is 11.5 Å². The van der Waals surface area contributed by atoms with Gasteiger partial charge in [-0.2, -0.15) is 5.10 Å². The molecule has 0 aromatic heterocycles. The van der Waals surface area contributed by atoms with E-state index < -0.39 is 0 Å². The fourth-order valence-electron chi connectivity index (χ4n) is 0.594. The SMILES string of the molecule is CN1C=NN(C)C1(C)Br. The first-order chi connectivity index (χ1) is 4.05. The quantitative estimate of drug-likeness (QED) is 0.419. The van der Waals surface area contributed by atoms with Gasteiger partial charge in [0.15, 0.2) is 4.57 Å². The van der Waals surface area contributed by atoms with Gasteiger partial charge in [-0.05, 0) is 22.9 Å². The van der Waals surface area contributed by atoms with Crippen LogP contribution in [0.25, 0.3) is 0 Å². The van der Waals surface area contributed by atoms with Gasteiger partial charge in [-0.15, -0.1) is 0 Å². The fourth-order valence-corrected chi connectivity index (χ4v) is 0.777. The van der Waals surface area contributed by atoms with E-state index in [4.69, 9.17) is 0 Å². The third-order valence-electron chi connectivity index (χ3n) is 1.63. The Morgan fingerprint density at radius 3 is 2.22 bits per heavy atom. The molecule has 0 aromatic carbocycles. The zero-order valence-corrected chi connectivity index (χ0v) is 7.38. The summed E-state index contributed by atoms with van der Waals surface area (Å²) in [7, 11) is 3.90. The molecule has 1 unspecified atom stereocenters. The van der Waals surface area contributed by atoms with Crippen LogP contribution < -0.4 is 0 Å². The molecule has 0 saturated carbocycles. The van der Waals surface area contributed by atoms with Gasteiger partial charge in [-0.3, -0.25) is 5.01 Å². The van der Waals surface area contributed by atoms with Crippen molar-refractivity contribution in [1.82, 2.24) is 9.91 Å². The molecular formula is C5H10BrN3. The number of hydrogen-bond donors (Lipinski definition) is 0. The minimum atomic E-state index is -0.132. The topological polar surface area (TPSA) is 18.8 Å². The molecule has 1 aliphatic rings. The molecule has 0 fully saturated rings. The molecule has 0 amide bonds. The second-order valence-electron chi connectivity index (χ2n) is 2.27. The van der Waals surface area contributed by atoms with E-state index in [-0.39, 0.29) is 4.57 Å². The highest BCUT2D eigenvalue weighted by Crippen LogP contribution is 2.27. The highest BCUT2D eigenvalue weighted by atomic mass is 79.9. The van der Waals surface area contributed by atoms with Gasteiger partial charge in [0.05, 0.1) is 0 Å². The lowest BCUT2D eigenvalue weighted by molar-refractivity contribution is 0.172. The summed E-state index contributed by atoms with van der Waals surface area (Å²) in [4.78, 5) is 1.99. The first-order valence-electron chi connectivity index (χ1n) is 2.75. The van der Waals surface area contributed by atoms with Gasteiger partial charge >= 0.3 is 0 Å². The summed E-state index contributed by atoms with van der Waals surface area (Å²) in [5.74, 6) is 0. The number of halogens is 1. The van der Waals surface area contributed by atoms with Crippen LogP contribution in [0.2, 0.25) is 0 Å². The van der Waals surface area contributed by atoms with Crippen LogP contribution in [0.5, 0.6) is 0 Å². The number of rotatable bonds is 0. The molecule has 0 aromatic rings. The van der Waals surface area contributed by atoms with E-state index in [0.29, 0.717) is 0 Å². The van der Waals surface area contributed by atoms with Gasteiger partial charge in [0, 0.05) is 14.1 Å². The minimum absolute atomic E-state index is 0.132. The first kappa shape index (κ1) is 6.86. The van der Waals surface area contributed by atoms with Gasteiger partial charge in [0.2, 0.25) is 0 Å². The highest BCUT2D eigenvalue weighted by Gasteiger charge is 2.32. The molecule has 3 nitrogen and oxygen atoms in total. The van der Waals surface area contributed by atoms with Gasteiger partial charge in [-0.1, -0.05) is 0 Å². The van der Waals surface area contributed by atoms with Gasteiger partial charge in [0.25, 0.3) is 0 Å². The van der Waals surface area contributed by atoms with E-state index in [1.54, 1.807) is 6.34 Å². The Kier molecular flexibility index (Phi) is 1.42. The Morgan fingerprint density at radius 2 is 2.11 bits per heavy atom. The van der Waals surface area contributed by atoms with Crippen molar-refractivity contribution in [2.24, 2.45) is 5.10 Å². The molecule has 0 N–H and O–H groups in total. The summed E-state index contributed by atoms with van der Waals surface area (Å²) >= 11 is 3.50. The predicted octanol–water partition coefficient (Wildman–Crippen LogP) is 0.876. The number of hydrogen-bond acceptors (Lipinski definition) is 3. The van der Waals surface area contributed by atoms with Crippen LogP contribution in [0.1, 0.15) is 6.92 Å². The summed E-state index contributed by atoms with van der Waals surface area (Å²) in [5.41, 5.74) is 0. The molecule has 0 saturated heterocycles. The molecule has 1 rings (SSSR count). The average molecular weight is 192 g/mol. The van der Waals surface area contributed by atoms with E-state index in [9.17, 15) is 0 Å². The summed E-state index contributed by atoms with van der Waals surface area (Å²) in [6, 6.07) is 0. The van der Waals surface area contributed by atoms with Gasteiger partial charge in [0.1, 0.15) is 6.34 Å². The Balaban J connectivity index is 2.76. The van der Waals surface area contributed by atoms with Crippen LogP contribution >= 0.6 is 15.9 Å². The maximum atomic E-state index is 4.06. The second-order valence-corrected chi connectivity index (χ2v) is 3.77. The summed E-state index contributed by atoms with van der Waals surface area (Å²) < 4.78 is -0.132. The Hall–Kier alpha value is -0.250. The van der Waals surface area contributed by atoms with Crippen molar-refractivity contribution in [2.75, 3.05) is 14.1 Å². The van der Waals surface area contributed by atoms with E-state index in [0.717, 1.165) is 0 Å². The molecule has 1 heterocycles. The molecule has 52 valence electrons. The lowest BCUT2D eigenvalue weighted by Gasteiger charge is -2.30. The largest absolute Gasteiger partial charge is 0.331 e. The first-order valence-corrected chi connectivity index (χ1v) is 3.54. The van der Waals surface area contributed by atoms with Crippen molar-refractivity contribution >= 4 is 22.3 Å². The highest BCUT2D eigenvalue weighted by molar-refractivity contribution is 9.10. The van der Waals surface area contributed by atoms with Crippen molar-refractivity contribution in [3.63, 3.8) is 0 Å². The summed E-state index contributed by atoms with van der Waals surface area (Å²) in [6.45, 7) is 2.04. The van der Waals surface area contributed by atoms with Crippen LogP contribution in [-0.2, 0) is 0 Å². The third-order valence-corrected chi connectivity index (χ3v) is 2.71. The zero-order chi connectivity index (χ0) is 7.07. The van der Waals surface area contributed by atoms with Gasteiger partial charge in [-0.25, -0.2) is 0 Å². The van der Waals surface area contributed by atoms with Crippen molar-refractivity contribution in [3.8, 4) is 0 Å². The molecule has 0 radical (unpaired) electrons. The van der Waals surface area contributed by atoms with Crippen LogP contribution in [0.15, 0.2) is 5.10 Å². The third kappa shape index (κ3) is 0.913. The Morgan fingerprint density at radius 1 is 1.56 bits per heavy atom. The van der Waals surface area contributed by atoms with E-state index in [1.807, 2.05) is 30.9 Å². The van der Waals surface area contributed by atoms with E-state index in [1.165, 1.54) is 0 Å². The number of alkyl halides is 1. The summed E-state index contributed by atoms with van der Waals surface area (Å²) in [5, 5.41) is 5.91. The van der Waals surface area contributed by atoms with Crippen LogP contribution in [0.4, 0.5) is 0 Å². The maximum absolute atomic E-state index is 4.06. The van der Waals surface area contributed by atoms with Crippen molar-refractivity contribution in [3.05, 3.63) is 0 Å². The number of nitrogens with zero attached hydrogens (tertiary/aromatic N) is 3. The lowest BCUT2D eigenvalue weighted by Crippen LogP contribution is -2.42. The molecule has 0 bridgehead atoms. The molecule has 0 spiro atoms. The van der Waals surface area contributed by atoms with E-state index in [2.05, 4.69) is 21.0 Å². The zero-order valence-electron chi connectivity index (χ0n) is 5.80. The van der Waals surface area contributed by atoms with Crippen molar-refractivity contribution in [1.29, 1.82) is 0 Å². The van der Waals surface area contributed by atoms with Crippen molar-refractivity contribution < 1.29 is 0 Å². The molecule has 4 heteroatoms. The van der Waals surface area contributed by atoms with Gasteiger partial charge < -0.3 is 4.90 Å².